The minimum Gasteiger partial charge on any atom is -0.458 e. The lowest BCUT2D eigenvalue weighted by molar-refractivity contribution is -0.611. The molecule has 5 aromatic carbocycles. The molecule has 0 N–H and O–H groups in total. The van der Waals surface area contributed by atoms with Crippen molar-refractivity contribution < 1.29 is 9.30 Å². The van der Waals surface area contributed by atoms with Gasteiger partial charge in [0, 0.05) is 29.2 Å². The van der Waals surface area contributed by atoms with E-state index in [1.54, 1.807) is 0 Å². The Balaban J connectivity index is 1.27. The van der Waals surface area contributed by atoms with E-state index in [4.69, 9.17) is 9.72 Å². The summed E-state index contributed by atoms with van der Waals surface area (Å²) in [6.45, 7) is 31.4. The number of nitrogens with zero attached hydrogens (tertiary/aromatic N) is 4. The van der Waals surface area contributed by atoms with Crippen molar-refractivity contribution in [2.45, 2.75) is 119 Å². The number of rotatable bonds is 6. The molecule has 312 valence electrons. The Morgan fingerprint density at radius 1 is 0.557 bits per heavy atom. The summed E-state index contributed by atoms with van der Waals surface area (Å²) in [6.07, 6.45) is 7.88. The summed E-state index contributed by atoms with van der Waals surface area (Å²) in [5.74, 6) is 2.42. The number of hydrogen-bond acceptors (Lipinski definition) is 2. The molecular formula is C56H62N4O. The number of hydrogen-bond donors (Lipinski definition) is 0. The topological polar surface area (TPSA) is 35.9 Å². The molecule has 0 saturated heterocycles. The van der Waals surface area contributed by atoms with Crippen LogP contribution in [-0.4, -0.2) is 14.1 Å². The molecule has 0 atom stereocenters. The van der Waals surface area contributed by atoms with Crippen LogP contribution in [0.2, 0.25) is 0 Å². The van der Waals surface area contributed by atoms with E-state index in [1.165, 1.54) is 50.0 Å². The Kier molecular flexibility index (Phi) is 10.2. The monoisotopic (exact) mass is 806 g/mol. The molecule has 3 aromatic heterocycles. The Bertz CT molecular complexity index is 2910. The standard InChI is InChI=1S/C56H62N4O/c1-36-16-15-17-37(2)52(36)38-18-24-46-47-25-23-44(33-49(47)60(48(46)28-38)51-31-40(26-27-57-51)54(6,7)8)61-45-30-41(55(9,10)11)29-43(32-45)58-34-50(56(12,13)14)59(35-58)42-21-19-39(20-22-42)53(3,4)5/h15-34H,1-14H3. The zero-order valence-electron chi connectivity index (χ0n) is 38.7. The lowest BCUT2D eigenvalue weighted by Gasteiger charge is -2.22. The quantitative estimate of drug-likeness (QED) is 0.124. The lowest BCUT2D eigenvalue weighted by Crippen LogP contribution is -2.38. The Hall–Kier alpha value is -5.94. The molecule has 5 nitrogen and oxygen atoms in total. The maximum atomic E-state index is 6.94. The van der Waals surface area contributed by atoms with Gasteiger partial charge in [0.1, 0.15) is 17.3 Å². The number of benzene rings is 5. The normalized spacial score (nSPS) is 12.8. The Morgan fingerprint density at radius 2 is 1.18 bits per heavy atom. The zero-order chi connectivity index (χ0) is 43.8. The molecule has 61 heavy (non-hydrogen) atoms. The predicted octanol–water partition coefficient (Wildman–Crippen LogP) is 14.3. The van der Waals surface area contributed by atoms with Gasteiger partial charge in [-0.15, -0.1) is 0 Å². The van der Waals surface area contributed by atoms with Gasteiger partial charge in [-0.2, -0.15) is 0 Å². The van der Waals surface area contributed by atoms with Gasteiger partial charge in [0.2, 0.25) is 0 Å². The van der Waals surface area contributed by atoms with E-state index in [9.17, 15) is 0 Å². The van der Waals surface area contributed by atoms with E-state index < -0.39 is 0 Å². The molecule has 0 bridgehead atoms. The van der Waals surface area contributed by atoms with E-state index in [0.29, 0.717) is 0 Å². The summed E-state index contributed by atoms with van der Waals surface area (Å²) in [4.78, 5) is 5.01. The summed E-state index contributed by atoms with van der Waals surface area (Å²) >= 11 is 0. The molecule has 3 heterocycles. The van der Waals surface area contributed by atoms with Gasteiger partial charge in [0.05, 0.1) is 28.1 Å². The van der Waals surface area contributed by atoms with Crippen molar-refractivity contribution in [2.75, 3.05) is 0 Å². The van der Waals surface area contributed by atoms with Crippen LogP contribution in [0.25, 0.3) is 50.1 Å². The number of pyridine rings is 1. The minimum absolute atomic E-state index is 0.0368. The maximum Gasteiger partial charge on any atom is 0.269 e. The van der Waals surface area contributed by atoms with Gasteiger partial charge in [-0.3, -0.25) is 13.7 Å². The molecular weight excluding hydrogens is 745 g/mol. The van der Waals surface area contributed by atoms with Crippen LogP contribution in [0.5, 0.6) is 11.5 Å². The van der Waals surface area contributed by atoms with Crippen LogP contribution in [0.3, 0.4) is 0 Å². The minimum atomic E-state index is -0.125. The van der Waals surface area contributed by atoms with Crippen molar-refractivity contribution in [1.29, 1.82) is 0 Å². The third-order valence-corrected chi connectivity index (χ3v) is 12.1. The number of imidazole rings is 1. The maximum absolute atomic E-state index is 6.94. The van der Waals surface area contributed by atoms with Gasteiger partial charge in [-0.05, 0) is 135 Å². The molecule has 8 aromatic rings. The number of aromatic nitrogens is 4. The predicted molar refractivity (Wildman–Crippen MR) is 254 cm³/mol. The molecule has 0 aliphatic rings. The highest BCUT2D eigenvalue weighted by Gasteiger charge is 2.25. The van der Waals surface area contributed by atoms with Crippen LogP contribution >= 0.6 is 0 Å². The highest BCUT2D eigenvalue weighted by atomic mass is 16.5. The van der Waals surface area contributed by atoms with E-state index in [2.05, 4.69) is 232 Å². The first-order chi connectivity index (χ1) is 28.6. The molecule has 0 aliphatic carbocycles. The fourth-order valence-electron chi connectivity index (χ4n) is 8.43. The summed E-state index contributed by atoms with van der Waals surface area (Å²) in [5.41, 5.74) is 13.9. The average molecular weight is 807 g/mol. The summed E-state index contributed by atoms with van der Waals surface area (Å²) in [5, 5.41) is 2.33. The van der Waals surface area contributed by atoms with Crippen LogP contribution in [0.15, 0.2) is 122 Å². The third kappa shape index (κ3) is 8.15. The summed E-state index contributed by atoms with van der Waals surface area (Å²) < 4.78 is 13.6. The van der Waals surface area contributed by atoms with Gasteiger partial charge in [0.15, 0.2) is 0 Å². The van der Waals surface area contributed by atoms with Gasteiger partial charge in [-0.1, -0.05) is 126 Å². The fourth-order valence-corrected chi connectivity index (χ4v) is 8.43. The highest BCUT2D eigenvalue weighted by Crippen LogP contribution is 2.40. The lowest BCUT2D eigenvalue weighted by atomic mass is 9.86. The molecule has 0 fully saturated rings. The molecule has 5 heteroatoms. The smallest absolute Gasteiger partial charge is 0.269 e. The van der Waals surface area contributed by atoms with E-state index in [-0.39, 0.29) is 21.7 Å². The van der Waals surface area contributed by atoms with Crippen molar-refractivity contribution in [3.63, 3.8) is 0 Å². The van der Waals surface area contributed by atoms with Gasteiger partial charge in [-0.25, -0.2) is 4.98 Å². The first kappa shape index (κ1) is 41.8. The SMILES string of the molecule is Cc1cccc(C)c1-c1ccc2c3ccc(Oc4cc(-n5[c-][n+](-c6ccc(C(C)(C)C)cc6)c(C(C)(C)C)c5)cc(C(C)(C)C)c4)cc3n(-c3cc(C(C)(C)C)ccn3)c2c1. The number of fused-ring (bicyclic) bond motifs is 3. The van der Waals surface area contributed by atoms with E-state index >= 15 is 0 Å². The molecule has 0 unspecified atom stereocenters. The van der Waals surface area contributed by atoms with Crippen LogP contribution < -0.4 is 9.30 Å². The third-order valence-electron chi connectivity index (χ3n) is 12.1. The van der Waals surface area contributed by atoms with Crippen molar-refractivity contribution in [1.82, 2.24) is 14.1 Å². The van der Waals surface area contributed by atoms with Gasteiger partial charge < -0.3 is 4.74 Å². The molecule has 0 amide bonds. The largest absolute Gasteiger partial charge is 0.458 e. The summed E-state index contributed by atoms with van der Waals surface area (Å²) in [6, 6.07) is 39.7. The van der Waals surface area contributed by atoms with Gasteiger partial charge >= 0.3 is 0 Å². The molecule has 0 aliphatic heterocycles. The summed E-state index contributed by atoms with van der Waals surface area (Å²) in [7, 11) is 0. The second-order valence-electron chi connectivity index (χ2n) is 21.1. The van der Waals surface area contributed by atoms with Crippen molar-refractivity contribution in [3.05, 3.63) is 161 Å². The van der Waals surface area contributed by atoms with Crippen LogP contribution in [0.1, 0.15) is 117 Å². The molecule has 0 radical (unpaired) electrons. The first-order valence-corrected chi connectivity index (χ1v) is 21.7. The zero-order valence-corrected chi connectivity index (χ0v) is 38.7. The van der Waals surface area contributed by atoms with Crippen molar-refractivity contribution in [3.8, 4) is 39.8 Å². The second kappa shape index (κ2) is 14.9. The molecule has 0 spiro atoms. The highest BCUT2D eigenvalue weighted by molar-refractivity contribution is 6.10. The first-order valence-electron chi connectivity index (χ1n) is 21.7. The number of aryl methyl sites for hydroxylation is 2. The molecule has 0 saturated carbocycles. The Morgan fingerprint density at radius 3 is 1.80 bits per heavy atom. The van der Waals surface area contributed by atoms with E-state index in [0.717, 1.165) is 45.1 Å². The average Bonchev–Trinajstić information content (AvgIpc) is 3.77. The second-order valence-corrected chi connectivity index (χ2v) is 21.1. The van der Waals surface area contributed by atoms with Crippen LogP contribution in [-0.2, 0) is 21.7 Å². The van der Waals surface area contributed by atoms with E-state index in [1.807, 2.05) is 6.20 Å². The van der Waals surface area contributed by atoms with Crippen molar-refractivity contribution >= 4 is 21.8 Å². The van der Waals surface area contributed by atoms with Gasteiger partial charge in [0.25, 0.3) is 6.33 Å². The van der Waals surface area contributed by atoms with Crippen LogP contribution in [0, 0.1) is 20.2 Å². The van der Waals surface area contributed by atoms with Crippen molar-refractivity contribution in [2.24, 2.45) is 0 Å². The number of ether oxygens (including phenoxy) is 1. The Labute approximate surface area is 363 Å². The fraction of sp³-hybridized carbons (Fsp3) is 0.321. The van der Waals surface area contributed by atoms with Crippen LogP contribution in [0.4, 0.5) is 0 Å². The molecule has 8 rings (SSSR count).